The third-order valence-electron chi connectivity index (χ3n) is 5.18. The minimum atomic E-state index is -0.450. The molecule has 5 nitrogen and oxygen atoms in total. The summed E-state index contributed by atoms with van der Waals surface area (Å²) in [5, 5.41) is 4.73. The Labute approximate surface area is 172 Å². The molecule has 0 spiro atoms. The topological polar surface area (TPSA) is 88.0 Å². The molecule has 146 valence electrons. The Kier molecular flexibility index (Phi) is 5.46. The number of thiophene rings is 1. The summed E-state index contributed by atoms with van der Waals surface area (Å²) in [6.07, 6.45) is 4.86. The van der Waals surface area contributed by atoms with Crippen LogP contribution in [0, 0.1) is 5.92 Å². The molecule has 1 aromatic carbocycles. The number of aromatic amines is 1. The van der Waals surface area contributed by atoms with E-state index in [-0.39, 0.29) is 5.91 Å². The van der Waals surface area contributed by atoms with Crippen LogP contribution in [0.25, 0.3) is 10.9 Å². The first-order valence-electron chi connectivity index (χ1n) is 9.40. The highest BCUT2D eigenvalue weighted by Crippen LogP contribution is 2.39. The molecule has 1 aliphatic carbocycles. The zero-order chi connectivity index (χ0) is 19.7. The Hall–Kier alpha value is -2.25. The number of hydrogen-bond acceptors (Lipinski definition) is 4. The number of thioether (sulfide) groups is 1. The van der Waals surface area contributed by atoms with Crippen molar-refractivity contribution in [2.75, 3.05) is 11.1 Å². The van der Waals surface area contributed by atoms with Crippen LogP contribution in [0.3, 0.4) is 0 Å². The molecular weight excluding hydrogens is 390 g/mol. The van der Waals surface area contributed by atoms with Crippen molar-refractivity contribution in [1.29, 1.82) is 0 Å². The van der Waals surface area contributed by atoms with Crippen LogP contribution in [0.4, 0.5) is 5.00 Å². The van der Waals surface area contributed by atoms with E-state index in [9.17, 15) is 9.59 Å². The van der Waals surface area contributed by atoms with Gasteiger partial charge in [-0.05, 0) is 42.4 Å². The number of benzene rings is 1. The highest BCUT2D eigenvalue weighted by molar-refractivity contribution is 7.99. The number of carbonyl (C=O) groups excluding carboxylic acids is 2. The van der Waals surface area contributed by atoms with Crippen molar-refractivity contribution in [2.24, 2.45) is 11.7 Å². The largest absolute Gasteiger partial charge is 0.365 e. The summed E-state index contributed by atoms with van der Waals surface area (Å²) in [5.74, 6) is 1.13. The number of rotatable bonds is 6. The number of hydrogen-bond donors (Lipinski definition) is 3. The highest BCUT2D eigenvalue weighted by Gasteiger charge is 2.27. The van der Waals surface area contributed by atoms with Gasteiger partial charge < -0.3 is 16.0 Å². The Bertz CT molecular complexity index is 1040. The van der Waals surface area contributed by atoms with E-state index >= 15 is 0 Å². The minimum absolute atomic E-state index is 0.0982. The molecule has 0 aliphatic heterocycles. The van der Waals surface area contributed by atoms with Crippen LogP contribution in [0.1, 0.15) is 39.7 Å². The van der Waals surface area contributed by atoms with Gasteiger partial charge in [0.15, 0.2) is 0 Å². The fraction of sp³-hybridized carbons (Fsp3) is 0.333. The van der Waals surface area contributed by atoms with Crippen molar-refractivity contribution in [3.63, 3.8) is 0 Å². The number of aromatic nitrogens is 1. The van der Waals surface area contributed by atoms with Gasteiger partial charge in [0.1, 0.15) is 5.00 Å². The van der Waals surface area contributed by atoms with Gasteiger partial charge in [-0.2, -0.15) is 0 Å². The molecule has 3 aromatic rings. The number of fused-ring (bicyclic) bond motifs is 2. The Morgan fingerprint density at radius 2 is 2.18 bits per heavy atom. The van der Waals surface area contributed by atoms with Crippen LogP contribution in [0.2, 0.25) is 0 Å². The lowest BCUT2D eigenvalue weighted by Gasteiger charge is -2.18. The first-order chi connectivity index (χ1) is 13.5. The fourth-order valence-corrected chi connectivity index (χ4v) is 6.02. The molecule has 0 bridgehead atoms. The molecular formula is C21H23N3O2S2. The molecule has 2 heterocycles. The number of nitrogens with two attached hydrogens (primary N) is 1. The smallest absolute Gasteiger partial charge is 0.251 e. The number of primary amides is 1. The molecule has 0 saturated carbocycles. The molecule has 2 amide bonds. The van der Waals surface area contributed by atoms with Crippen LogP contribution in [-0.2, 0) is 23.4 Å². The summed E-state index contributed by atoms with van der Waals surface area (Å²) in [7, 11) is 0. The quantitative estimate of drug-likeness (QED) is 0.562. The maximum atomic E-state index is 12.5. The molecule has 7 heteroatoms. The summed E-state index contributed by atoms with van der Waals surface area (Å²) in [6.45, 7) is 2.21. The third-order valence-corrected chi connectivity index (χ3v) is 7.33. The second-order valence-corrected chi connectivity index (χ2v) is 9.41. The number of para-hydroxylation sites is 1. The SMILES string of the molecule is CC1CCc2c(sc(NC(=O)CSCc3c[nH]c4ccccc34)c2C(N)=O)C1. The Morgan fingerprint density at radius 1 is 1.36 bits per heavy atom. The van der Waals surface area contributed by atoms with E-state index in [0.717, 1.165) is 36.1 Å². The summed E-state index contributed by atoms with van der Waals surface area (Å²) in [4.78, 5) is 28.9. The van der Waals surface area contributed by atoms with Gasteiger partial charge in [-0.1, -0.05) is 25.1 Å². The monoisotopic (exact) mass is 413 g/mol. The van der Waals surface area contributed by atoms with Gasteiger partial charge in [0, 0.05) is 27.7 Å². The van der Waals surface area contributed by atoms with Gasteiger partial charge >= 0.3 is 0 Å². The standard InChI is InChI=1S/C21H23N3O2S2/c1-12-6-7-15-17(8-12)28-21(19(15)20(22)26)24-18(25)11-27-10-13-9-23-16-5-3-2-4-14(13)16/h2-5,9,12,23H,6-8,10-11H2,1H3,(H2,22,26)(H,24,25). The van der Waals surface area contributed by atoms with Gasteiger partial charge in [-0.25, -0.2) is 0 Å². The average Bonchev–Trinajstić information content (AvgIpc) is 3.22. The van der Waals surface area contributed by atoms with Crippen molar-refractivity contribution < 1.29 is 9.59 Å². The van der Waals surface area contributed by atoms with E-state index in [0.29, 0.717) is 22.2 Å². The summed E-state index contributed by atoms with van der Waals surface area (Å²) >= 11 is 3.07. The number of amides is 2. The van der Waals surface area contributed by atoms with Gasteiger partial charge in [-0.3, -0.25) is 9.59 Å². The van der Waals surface area contributed by atoms with Crippen LogP contribution in [0.15, 0.2) is 30.5 Å². The van der Waals surface area contributed by atoms with E-state index in [4.69, 9.17) is 5.73 Å². The van der Waals surface area contributed by atoms with E-state index < -0.39 is 5.91 Å². The van der Waals surface area contributed by atoms with Crippen molar-refractivity contribution in [3.8, 4) is 0 Å². The molecule has 0 radical (unpaired) electrons. The molecule has 4 N–H and O–H groups in total. The Balaban J connectivity index is 1.40. The van der Waals surface area contributed by atoms with Crippen LogP contribution < -0.4 is 11.1 Å². The van der Waals surface area contributed by atoms with Crippen LogP contribution in [-0.4, -0.2) is 22.6 Å². The van der Waals surface area contributed by atoms with Gasteiger partial charge in [0.25, 0.3) is 5.91 Å². The molecule has 0 saturated heterocycles. The average molecular weight is 414 g/mol. The van der Waals surface area contributed by atoms with Crippen molar-refractivity contribution >= 4 is 50.8 Å². The second-order valence-electron chi connectivity index (χ2n) is 7.32. The minimum Gasteiger partial charge on any atom is -0.365 e. The molecule has 28 heavy (non-hydrogen) atoms. The zero-order valence-corrected chi connectivity index (χ0v) is 17.3. The predicted octanol–water partition coefficient (Wildman–Crippen LogP) is 4.33. The third kappa shape index (κ3) is 3.82. The van der Waals surface area contributed by atoms with Crippen molar-refractivity contribution in [1.82, 2.24) is 4.98 Å². The van der Waals surface area contributed by atoms with E-state index in [1.165, 1.54) is 27.2 Å². The van der Waals surface area contributed by atoms with E-state index in [2.05, 4.69) is 23.3 Å². The first-order valence-corrected chi connectivity index (χ1v) is 11.4. The van der Waals surface area contributed by atoms with Gasteiger partial charge in [0.05, 0.1) is 11.3 Å². The number of anilines is 1. The molecule has 1 atom stereocenters. The van der Waals surface area contributed by atoms with Crippen LogP contribution >= 0.6 is 23.1 Å². The molecule has 1 unspecified atom stereocenters. The van der Waals surface area contributed by atoms with Crippen LogP contribution in [0.5, 0.6) is 0 Å². The zero-order valence-electron chi connectivity index (χ0n) is 15.7. The number of carbonyl (C=O) groups is 2. The highest BCUT2D eigenvalue weighted by atomic mass is 32.2. The van der Waals surface area contributed by atoms with Crippen molar-refractivity contribution in [2.45, 2.75) is 31.9 Å². The summed E-state index contributed by atoms with van der Waals surface area (Å²) in [5.41, 5.74) is 9.46. The second kappa shape index (κ2) is 8.01. The van der Waals surface area contributed by atoms with Gasteiger partial charge in [0.2, 0.25) is 5.91 Å². The van der Waals surface area contributed by atoms with E-state index in [1.807, 2.05) is 24.4 Å². The lowest BCUT2D eigenvalue weighted by atomic mass is 9.88. The molecule has 4 rings (SSSR count). The fourth-order valence-electron chi connectivity index (χ4n) is 3.77. The van der Waals surface area contributed by atoms with Gasteiger partial charge in [-0.15, -0.1) is 23.1 Å². The Morgan fingerprint density at radius 3 is 3.00 bits per heavy atom. The maximum Gasteiger partial charge on any atom is 0.251 e. The first kappa shape index (κ1) is 19.1. The van der Waals surface area contributed by atoms with E-state index in [1.54, 1.807) is 11.8 Å². The number of H-pyrrole nitrogens is 1. The summed E-state index contributed by atoms with van der Waals surface area (Å²) in [6, 6.07) is 8.14. The maximum absolute atomic E-state index is 12.5. The molecule has 1 aliphatic rings. The van der Waals surface area contributed by atoms with Crippen molar-refractivity contribution in [3.05, 3.63) is 52.0 Å². The predicted molar refractivity (Wildman–Crippen MR) is 117 cm³/mol. The summed E-state index contributed by atoms with van der Waals surface area (Å²) < 4.78 is 0. The lowest BCUT2D eigenvalue weighted by molar-refractivity contribution is -0.113. The number of nitrogens with one attached hydrogen (secondary N) is 2. The lowest BCUT2D eigenvalue weighted by Crippen LogP contribution is -2.20. The molecule has 2 aromatic heterocycles. The normalized spacial score (nSPS) is 16.1. The molecule has 0 fully saturated rings.